The average Bonchev–Trinajstić information content (AvgIpc) is 2.34. The second-order valence-electron chi connectivity index (χ2n) is 4.66. The second kappa shape index (κ2) is 7.07. The molecule has 0 heterocycles. The highest BCUT2D eigenvalue weighted by Crippen LogP contribution is 2.13. The van der Waals surface area contributed by atoms with Crippen LogP contribution in [0.3, 0.4) is 0 Å². The lowest BCUT2D eigenvalue weighted by atomic mass is 9.97. The van der Waals surface area contributed by atoms with Gasteiger partial charge >= 0.3 is 5.97 Å². The molecule has 0 fully saturated rings. The van der Waals surface area contributed by atoms with Crippen LogP contribution in [0.5, 0.6) is 0 Å². The fourth-order valence-corrected chi connectivity index (χ4v) is 1.70. The molecule has 0 saturated heterocycles. The molecule has 17 heavy (non-hydrogen) atoms. The van der Waals surface area contributed by atoms with Crippen LogP contribution < -0.4 is 5.73 Å². The summed E-state index contributed by atoms with van der Waals surface area (Å²) in [7, 11) is 0. The van der Waals surface area contributed by atoms with Crippen molar-refractivity contribution in [2.45, 2.75) is 26.9 Å². The highest BCUT2D eigenvalue weighted by Gasteiger charge is 2.19. The van der Waals surface area contributed by atoms with Gasteiger partial charge in [-0.25, -0.2) is 0 Å². The summed E-state index contributed by atoms with van der Waals surface area (Å²) in [6.45, 7) is 4.83. The summed E-state index contributed by atoms with van der Waals surface area (Å²) in [6, 6.07) is 9.67. The summed E-state index contributed by atoms with van der Waals surface area (Å²) < 4.78 is 5.26. The minimum atomic E-state index is -0.190. The smallest absolute Gasteiger partial charge is 0.310 e. The van der Waals surface area contributed by atoms with Gasteiger partial charge in [-0.15, -0.1) is 0 Å². The Morgan fingerprint density at radius 2 is 1.94 bits per heavy atom. The highest BCUT2D eigenvalue weighted by molar-refractivity contribution is 5.72. The Morgan fingerprint density at radius 3 is 2.47 bits per heavy atom. The second-order valence-corrected chi connectivity index (χ2v) is 4.66. The zero-order valence-electron chi connectivity index (χ0n) is 10.6. The number of hydrogen-bond acceptors (Lipinski definition) is 3. The zero-order valence-corrected chi connectivity index (χ0v) is 10.6. The SMILES string of the molecule is CC(C)CC(CN)C(=O)OCc1ccccc1. The number of hydrogen-bond donors (Lipinski definition) is 1. The molecule has 0 amide bonds. The van der Waals surface area contributed by atoms with E-state index < -0.39 is 0 Å². The normalized spacial score (nSPS) is 12.5. The molecule has 3 nitrogen and oxygen atoms in total. The third-order valence-electron chi connectivity index (χ3n) is 2.60. The lowest BCUT2D eigenvalue weighted by molar-refractivity contribution is -0.150. The van der Waals surface area contributed by atoms with Crippen LogP contribution in [0.1, 0.15) is 25.8 Å². The largest absolute Gasteiger partial charge is 0.461 e. The number of esters is 1. The first-order chi connectivity index (χ1) is 8.13. The molecule has 0 spiro atoms. The summed E-state index contributed by atoms with van der Waals surface area (Å²) in [4.78, 5) is 11.8. The maximum atomic E-state index is 11.8. The number of rotatable bonds is 6. The van der Waals surface area contributed by atoms with Crippen molar-refractivity contribution in [2.75, 3.05) is 6.54 Å². The van der Waals surface area contributed by atoms with Crippen LogP contribution in [0.2, 0.25) is 0 Å². The van der Waals surface area contributed by atoms with Gasteiger partial charge in [0.05, 0.1) is 5.92 Å². The van der Waals surface area contributed by atoms with Crippen molar-refractivity contribution in [1.82, 2.24) is 0 Å². The van der Waals surface area contributed by atoms with E-state index in [1.54, 1.807) is 0 Å². The van der Waals surface area contributed by atoms with E-state index in [4.69, 9.17) is 10.5 Å². The monoisotopic (exact) mass is 235 g/mol. The van der Waals surface area contributed by atoms with Gasteiger partial charge in [-0.05, 0) is 17.9 Å². The van der Waals surface area contributed by atoms with E-state index >= 15 is 0 Å². The fraction of sp³-hybridized carbons (Fsp3) is 0.500. The van der Waals surface area contributed by atoms with Gasteiger partial charge in [-0.1, -0.05) is 44.2 Å². The topological polar surface area (TPSA) is 52.3 Å². The third-order valence-corrected chi connectivity index (χ3v) is 2.60. The number of carbonyl (C=O) groups excluding carboxylic acids is 1. The van der Waals surface area contributed by atoms with Gasteiger partial charge in [-0.2, -0.15) is 0 Å². The number of ether oxygens (including phenoxy) is 1. The first-order valence-corrected chi connectivity index (χ1v) is 6.04. The molecule has 0 aliphatic carbocycles. The third kappa shape index (κ3) is 5.00. The summed E-state index contributed by atoms with van der Waals surface area (Å²) in [6.07, 6.45) is 0.782. The fourth-order valence-electron chi connectivity index (χ4n) is 1.70. The zero-order chi connectivity index (χ0) is 12.7. The van der Waals surface area contributed by atoms with E-state index in [9.17, 15) is 4.79 Å². The lowest BCUT2D eigenvalue weighted by Gasteiger charge is -2.15. The van der Waals surface area contributed by atoms with Gasteiger partial charge in [0.15, 0.2) is 0 Å². The van der Waals surface area contributed by atoms with Crippen LogP contribution >= 0.6 is 0 Å². The molecule has 1 aromatic carbocycles. The Morgan fingerprint density at radius 1 is 1.29 bits per heavy atom. The molecule has 1 atom stereocenters. The van der Waals surface area contributed by atoms with Gasteiger partial charge in [0.2, 0.25) is 0 Å². The molecular formula is C14H21NO2. The van der Waals surface area contributed by atoms with Crippen molar-refractivity contribution in [1.29, 1.82) is 0 Å². The van der Waals surface area contributed by atoms with Crippen molar-refractivity contribution in [2.24, 2.45) is 17.6 Å². The van der Waals surface area contributed by atoms with Gasteiger partial charge in [0.1, 0.15) is 6.61 Å². The summed E-state index contributed by atoms with van der Waals surface area (Å²) in [5.74, 6) is 0.0802. The van der Waals surface area contributed by atoms with Crippen LogP contribution in [0.15, 0.2) is 30.3 Å². The minimum absolute atomic E-state index is 0.182. The quantitative estimate of drug-likeness (QED) is 0.770. The van der Waals surface area contributed by atoms with Crippen LogP contribution in [-0.2, 0) is 16.1 Å². The molecule has 3 heteroatoms. The van der Waals surface area contributed by atoms with Crippen LogP contribution in [0.4, 0.5) is 0 Å². The lowest BCUT2D eigenvalue weighted by Crippen LogP contribution is -2.27. The Bertz CT molecular complexity index is 335. The molecule has 94 valence electrons. The highest BCUT2D eigenvalue weighted by atomic mass is 16.5. The Kier molecular flexibility index (Phi) is 5.70. The van der Waals surface area contributed by atoms with Crippen molar-refractivity contribution in [3.05, 3.63) is 35.9 Å². The molecule has 0 aliphatic rings. The first-order valence-electron chi connectivity index (χ1n) is 6.04. The van der Waals surface area contributed by atoms with Crippen LogP contribution in [-0.4, -0.2) is 12.5 Å². The van der Waals surface area contributed by atoms with Gasteiger partial charge < -0.3 is 10.5 Å². The molecule has 1 aromatic rings. The van der Waals surface area contributed by atoms with E-state index in [2.05, 4.69) is 13.8 Å². The van der Waals surface area contributed by atoms with Gasteiger partial charge in [0.25, 0.3) is 0 Å². The maximum absolute atomic E-state index is 11.8. The average molecular weight is 235 g/mol. The minimum Gasteiger partial charge on any atom is -0.461 e. The molecule has 1 rings (SSSR count). The Balaban J connectivity index is 2.42. The van der Waals surface area contributed by atoms with Gasteiger partial charge in [-0.3, -0.25) is 4.79 Å². The number of carbonyl (C=O) groups is 1. The summed E-state index contributed by atoms with van der Waals surface area (Å²) >= 11 is 0. The molecule has 0 aliphatic heterocycles. The van der Waals surface area contributed by atoms with Gasteiger partial charge in [0, 0.05) is 6.54 Å². The summed E-state index contributed by atoms with van der Waals surface area (Å²) in [5, 5.41) is 0. The Hall–Kier alpha value is -1.35. The number of nitrogens with two attached hydrogens (primary N) is 1. The molecular weight excluding hydrogens is 214 g/mol. The van der Waals surface area contributed by atoms with Crippen molar-refractivity contribution in [3.63, 3.8) is 0 Å². The predicted molar refractivity (Wildman–Crippen MR) is 68.2 cm³/mol. The van der Waals surface area contributed by atoms with E-state index in [0.717, 1.165) is 12.0 Å². The maximum Gasteiger partial charge on any atom is 0.310 e. The van der Waals surface area contributed by atoms with E-state index in [1.165, 1.54) is 0 Å². The molecule has 0 aromatic heterocycles. The van der Waals surface area contributed by atoms with Crippen LogP contribution in [0.25, 0.3) is 0 Å². The summed E-state index contributed by atoms with van der Waals surface area (Å²) in [5.41, 5.74) is 6.59. The van der Waals surface area contributed by atoms with Crippen molar-refractivity contribution in [3.8, 4) is 0 Å². The standard InChI is InChI=1S/C14H21NO2/c1-11(2)8-13(9-15)14(16)17-10-12-6-4-3-5-7-12/h3-7,11,13H,8-10,15H2,1-2H3. The van der Waals surface area contributed by atoms with E-state index in [0.29, 0.717) is 19.1 Å². The number of benzene rings is 1. The molecule has 1 unspecified atom stereocenters. The Labute approximate surface area is 103 Å². The first kappa shape index (κ1) is 13.7. The molecule has 0 bridgehead atoms. The molecule has 2 N–H and O–H groups in total. The van der Waals surface area contributed by atoms with E-state index in [1.807, 2.05) is 30.3 Å². The molecule has 0 saturated carbocycles. The predicted octanol–water partition coefficient (Wildman–Crippen LogP) is 2.35. The van der Waals surface area contributed by atoms with E-state index in [-0.39, 0.29) is 11.9 Å². The van der Waals surface area contributed by atoms with Crippen molar-refractivity contribution < 1.29 is 9.53 Å². The van der Waals surface area contributed by atoms with Crippen LogP contribution in [0, 0.1) is 11.8 Å². The molecule has 0 radical (unpaired) electrons. The van der Waals surface area contributed by atoms with Crippen molar-refractivity contribution >= 4 is 5.97 Å².